The average molecular weight is 239 g/mol. The molecule has 1 atom stereocenters. The largest absolute Gasteiger partial charge is 0.493 e. The highest BCUT2D eigenvalue weighted by Gasteiger charge is 2.09. The summed E-state index contributed by atoms with van der Waals surface area (Å²) < 4.78 is 18.7. The van der Waals surface area contributed by atoms with Crippen molar-refractivity contribution < 1.29 is 9.13 Å². The molecule has 2 nitrogen and oxygen atoms in total. The first kappa shape index (κ1) is 14.0. The molecule has 0 heterocycles. The Labute approximate surface area is 103 Å². The zero-order valence-corrected chi connectivity index (χ0v) is 10.9. The van der Waals surface area contributed by atoms with E-state index in [0.29, 0.717) is 18.3 Å². The van der Waals surface area contributed by atoms with Crippen molar-refractivity contribution in [1.82, 2.24) is 0 Å². The van der Waals surface area contributed by atoms with Crippen molar-refractivity contribution in [3.05, 3.63) is 29.6 Å². The Morgan fingerprint density at radius 1 is 1.29 bits per heavy atom. The highest BCUT2D eigenvalue weighted by molar-refractivity contribution is 5.36. The zero-order valence-electron chi connectivity index (χ0n) is 10.9. The van der Waals surface area contributed by atoms with Crippen molar-refractivity contribution in [2.75, 3.05) is 6.61 Å². The minimum atomic E-state index is -0.284. The molecule has 0 radical (unpaired) electrons. The van der Waals surface area contributed by atoms with Crippen LogP contribution < -0.4 is 10.5 Å². The van der Waals surface area contributed by atoms with E-state index in [1.165, 1.54) is 12.1 Å². The van der Waals surface area contributed by atoms with E-state index in [9.17, 15) is 4.39 Å². The molecule has 0 saturated heterocycles. The number of hydrogen-bond donors (Lipinski definition) is 1. The molecule has 96 valence electrons. The van der Waals surface area contributed by atoms with Crippen molar-refractivity contribution in [2.45, 2.75) is 39.7 Å². The second-order valence-electron chi connectivity index (χ2n) is 4.86. The van der Waals surface area contributed by atoms with E-state index in [0.717, 1.165) is 18.4 Å². The van der Waals surface area contributed by atoms with Gasteiger partial charge in [0, 0.05) is 17.7 Å². The van der Waals surface area contributed by atoms with Crippen LogP contribution in [-0.2, 0) is 0 Å². The Kier molecular flexibility index (Phi) is 5.42. The molecule has 0 saturated carbocycles. The number of hydrogen-bond acceptors (Lipinski definition) is 2. The molecular formula is C14H22FNO. The van der Waals surface area contributed by atoms with E-state index in [1.54, 1.807) is 6.07 Å². The molecule has 0 aliphatic heterocycles. The molecule has 2 N–H and O–H groups in total. The highest BCUT2D eigenvalue weighted by atomic mass is 19.1. The van der Waals surface area contributed by atoms with Crippen molar-refractivity contribution in [1.29, 1.82) is 0 Å². The summed E-state index contributed by atoms with van der Waals surface area (Å²) in [6.07, 6.45) is 2.09. The topological polar surface area (TPSA) is 35.2 Å². The summed E-state index contributed by atoms with van der Waals surface area (Å²) in [6, 6.07) is 4.38. The number of benzene rings is 1. The summed E-state index contributed by atoms with van der Waals surface area (Å²) in [5.74, 6) is 0.955. The SMILES string of the molecule is CC(C)CCCOc1cc(F)ccc1[C@@H](C)N. The van der Waals surface area contributed by atoms with Crippen LogP contribution in [0, 0.1) is 11.7 Å². The van der Waals surface area contributed by atoms with E-state index >= 15 is 0 Å². The maximum absolute atomic E-state index is 13.1. The minimum Gasteiger partial charge on any atom is -0.493 e. The lowest BCUT2D eigenvalue weighted by Gasteiger charge is -2.14. The molecule has 0 fully saturated rings. The van der Waals surface area contributed by atoms with Crippen LogP contribution in [0.1, 0.15) is 45.2 Å². The van der Waals surface area contributed by atoms with Gasteiger partial charge < -0.3 is 10.5 Å². The molecule has 1 aromatic rings. The van der Waals surface area contributed by atoms with Gasteiger partial charge in [0.25, 0.3) is 0 Å². The normalized spacial score (nSPS) is 12.8. The zero-order chi connectivity index (χ0) is 12.8. The van der Waals surface area contributed by atoms with Gasteiger partial charge in [-0.05, 0) is 31.7 Å². The van der Waals surface area contributed by atoms with Crippen LogP contribution in [0.2, 0.25) is 0 Å². The first-order valence-corrected chi connectivity index (χ1v) is 6.18. The molecule has 1 rings (SSSR count). The highest BCUT2D eigenvalue weighted by Crippen LogP contribution is 2.25. The predicted octanol–water partition coefficient (Wildman–Crippen LogP) is 3.66. The third-order valence-corrected chi connectivity index (χ3v) is 2.65. The molecule has 0 aromatic heterocycles. The van der Waals surface area contributed by atoms with Crippen LogP contribution in [0.4, 0.5) is 4.39 Å². The van der Waals surface area contributed by atoms with Crippen molar-refractivity contribution in [2.24, 2.45) is 11.7 Å². The second-order valence-corrected chi connectivity index (χ2v) is 4.86. The van der Waals surface area contributed by atoms with E-state index < -0.39 is 0 Å². The lowest BCUT2D eigenvalue weighted by Crippen LogP contribution is -2.09. The summed E-state index contributed by atoms with van der Waals surface area (Å²) in [4.78, 5) is 0. The monoisotopic (exact) mass is 239 g/mol. The lowest BCUT2D eigenvalue weighted by atomic mass is 10.1. The summed E-state index contributed by atoms with van der Waals surface area (Å²) in [7, 11) is 0. The fourth-order valence-corrected chi connectivity index (χ4v) is 1.68. The van der Waals surface area contributed by atoms with Crippen LogP contribution in [0.5, 0.6) is 5.75 Å². The van der Waals surface area contributed by atoms with Gasteiger partial charge in [-0.1, -0.05) is 19.9 Å². The lowest BCUT2D eigenvalue weighted by molar-refractivity contribution is 0.292. The van der Waals surface area contributed by atoms with E-state index in [-0.39, 0.29) is 11.9 Å². The number of ether oxygens (including phenoxy) is 1. The third kappa shape index (κ3) is 4.73. The molecule has 0 amide bonds. The third-order valence-electron chi connectivity index (χ3n) is 2.65. The fraction of sp³-hybridized carbons (Fsp3) is 0.571. The maximum Gasteiger partial charge on any atom is 0.126 e. The Bertz CT molecular complexity index is 350. The van der Waals surface area contributed by atoms with Crippen molar-refractivity contribution in [3.63, 3.8) is 0 Å². The van der Waals surface area contributed by atoms with E-state index in [4.69, 9.17) is 10.5 Å². The molecule has 17 heavy (non-hydrogen) atoms. The van der Waals surface area contributed by atoms with Crippen LogP contribution in [0.15, 0.2) is 18.2 Å². The molecule has 0 unspecified atom stereocenters. The average Bonchev–Trinajstić information content (AvgIpc) is 2.23. The maximum atomic E-state index is 13.1. The van der Waals surface area contributed by atoms with Gasteiger partial charge in [0.1, 0.15) is 11.6 Å². The van der Waals surface area contributed by atoms with Crippen LogP contribution in [0.3, 0.4) is 0 Å². The van der Waals surface area contributed by atoms with Crippen molar-refractivity contribution >= 4 is 0 Å². The minimum absolute atomic E-state index is 0.143. The second kappa shape index (κ2) is 6.60. The van der Waals surface area contributed by atoms with Gasteiger partial charge >= 0.3 is 0 Å². The van der Waals surface area contributed by atoms with Crippen LogP contribution in [0.25, 0.3) is 0 Å². The summed E-state index contributed by atoms with van der Waals surface area (Å²) in [5, 5.41) is 0. The van der Waals surface area contributed by atoms with E-state index in [1.807, 2.05) is 6.92 Å². The number of nitrogens with two attached hydrogens (primary N) is 1. The van der Waals surface area contributed by atoms with Crippen LogP contribution >= 0.6 is 0 Å². The Morgan fingerprint density at radius 2 is 2.00 bits per heavy atom. The predicted molar refractivity (Wildman–Crippen MR) is 68.6 cm³/mol. The Morgan fingerprint density at radius 3 is 2.59 bits per heavy atom. The smallest absolute Gasteiger partial charge is 0.126 e. The molecule has 0 spiro atoms. The van der Waals surface area contributed by atoms with Gasteiger partial charge in [0.2, 0.25) is 0 Å². The van der Waals surface area contributed by atoms with Gasteiger partial charge in [0.15, 0.2) is 0 Å². The Hall–Kier alpha value is -1.09. The van der Waals surface area contributed by atoms with Gasteiger partial charge in [-0.25, -0.2) is 4.39 Å². The fourth-order valence-electron chi connectivity index (χ4n) is 1.68. The summed E-state index contributed by atoms with van der Waals surface area (Å²) in [6.45, 7) is 6.83. The first-order valence-electron chi connectivity index (χ1n) is 6.18. The molecule has 0 bridgehead atoms. The standard InChI is InChI=1S/C14H22FNO/c1-10(2)5-4-8-17-14-9-12(15)6-7-13(14)11(3)16/h6-7,9-11H,4-5,8,16H2,1-3H3/t11-/m1/s1. The molecule has 0 aliphatic carbocycles. The first-order chi connectivity index (χ1) is 8.00. The van der Waals surface area contributed by atoms with Gasteiger partial charge in [-0.2, -0.15) is 0 Å². The van der Waals surface area contributed by atoms with E-state index in [2.05, 4.69) is 13.8 Å². The van der Waals surface area contributed by atoms with Gasteiger partial charge in [-0.15, -0.1) is 0 Å². The van der Waals surface area contributed by atoms with Crippen LogP contribution in [-0.4, -0.2) is 6.61 Å². The molecule has 1 aromatic carbocycles. The quantitative estimate of drug-likeness (QED) is 0.769. The molecule has 0 aliphatic rings. The summed E-state index contributed by atoms with van der Waals surface area (Å²) >= 11 is 0. The Balaban J connectivity index is 2.59. The van der Waals surface area contributed by atoms with Gasteiger partial charge in [0.05, 0.1) is 6.61 Å². The summed E-state index contributed by atoms with van der Waals surface area (Å²) in [5.41, 5.74) is 6.67. The van der Waals surface area contributed by atoms with Gasteiger partial charge in [-0.3, -0.25) is 0 Å². The number of rotatable bonds is 6. The number of halogens is 1. The molecule has 3 heteroatoms. The molecular weight excluding hydrogens is 217 g/mol. The van der Waals surface area contributed by atoms with Crippen molar-refractivity contribution in [3.8, 4) is 5.75 Å².